The van der Waals surface area contributed by atoms with Crippen molar-refractivity contribution in [3.05, 3.63) is 61.9 Å². The first-order valence-electron chi connectivity index (χ1n) is 6.59. The van der Waals surface area contributed by atoms with E-state index in [1.54, 1.807) is 0 Å². The third kappa shape index (κ3) is 3.23. The van der Waals surface area contributed by atoms with Crippen LogP contribution >= 0.6 is 27.3 Å². The summed E-state index contributed by atoms with van der Waals surface area (Å²) in [7, 11) is 0. The standard InChI is InChI=1S/C15H14BrN3OS/c1-9(10-3-2-4-11(16)7-10)17-8-13-18-12-5-6-21-14(12)15(20)19-13/h2-7,9,17H,8H2,1H3,(H,18,19,20)/t9-/m0/s1. The maximum Gasteiger partial charge on any atom is 0.268 e. The van der Waals surface area contributed by atoms with Crippen molar-refractivity contribution >= 4 is 37.5 Å². The summed E-state index contributed by atoms with van der Waals surface area (Å²) in [5, 5.41) is 5.26. The summed E-state index contributed by atoms with van der Waals surface area (Å²) in [4.78, 5) is 19.2. The van der Waals surface area contributed by atoms with Gasteiger partial charge in [-0.05, 0) is 36.1 Å². The molecule has 2 heterocycles. The molecule has 0 aliphatic carbocycles. The molecule has 0 saturated heterocycles. The maximum absolute atomic E-state index is 11.9. The van der Waals surface area contributed by atoms with Crippen molar-refractivity contribution < 1.29 is 0 Å². The SMILES string of the molecule is C[C@H](NCc1nc2ccsc2c(=O)[nH]1)c1cccc(Br)c1. The minimum Gasteiger partial charge on any atom is -0.308 e. The fourth-order valence-electron chi connectivity index (χ4n) is 2.15. The lowest BCUT2D eigenvalue weighted by molar-refractivity contribution is 0.559. The number of aromatic amines is 1. The molecule has 21 heavy (non-hydrogen) atoms. The van der Waals surface area contributed by atoms with E-state index in [4.69, 9.17) is 0 Å². The molecule has 0 aliphatic rings. The molecule has 3 aromatic rings. The minimum absolute atomic E-state index is 0.0677. The largest absolute Gasteiger partial charge is 0.308 e. The van der Waals surface area contributed by atoms with Gasteiger partial charge < -0.3 is 10.3 Å². The number of hydrogen-bond donors (Lipinski definition) is 2. The highest BCUT2D eigenvalue weighted by Gasteiger charge is 2.08. The highest BCUT2D eigenvalue weighted by molar-refractivity contribution is 9.10. The number of hydrogen-bond acceptors (Lipinski definition) is 4. The van der Waals surface area contributed by atoms with Gasteiger partial charge >= 0.3 is 0 Å². The lowest BCUT2D eigenvalue weighted by Crippen LogP contribution is -2.21. The molecule has 2 aromatic heterocycles. The summed E-state index contributed by atoms with van der Waals surface area (Å²) >= 11 is 4.89. The van der Waals surface area contributed by atoms with Gasteiger partial charge in [0.1, 0.15) is 10.5 Å². The fourth-order valence-corrected chi connectivity index (χ4v) is 3.29. The van der Waals surface area contributed by atoms with Gasteiger partial charge in [0.25, 0.3) is 5.56 Å². The van der Waals surface area contributed by atoms with Gasteiger partial charge in [-0.1, -0.05) is 28.1 Å². The van der Waals surface area contributed by atoms with Crippen LogP contribution in [-0.2, 0) is 6.54 Å². The predicted molar refractivity (Wildman–Crippen MR) is 89.6 cm³/mol. The Kier molecular flexibility index (Phi) is 4.19. The van der Waals surface area contributed by atoms with E-state index < -0.39 is 0 Å². The first-order chi connectivity index (χ1) is 10.1. The number of nitrogens with one attached hydrogen (secondary N) is 2. The van der Waals surface area contributed by atoms with E-state index >= 15 is 0 Å². The van der Waals surface area contributed by atoms with Crippen molar-refractivity contribution in [2.45, 2.75) is 19.5 Å². The van der Waals surface area contributed by atoms with Gasteiger partial charge in [-0.3, -0.25) is 4.79 Å². The third-order valence-corrected chi connectivity index (χ3v) is 4.68. The number of nitrogens with zero attached hydrogens (tertiary/aromatic N) is 1. The summed E-state index contributed by atoms with van der Waals surface area (Å²) in [5.41, 5.74) is 1.88. The number of aromatic nitrogens is 2. The Balaban J connectivity index is 1.75. The van der Waals surface area contributed by atoms with Crippen LogP contribution in [0.5, 0.6) is 0 Å². The van der Waals surface area contributed by atoms with Crippen LogP contribution in [0.25, 0.3) is 10.2 Å². The van der Waals surface area contributed by atoms with Crippen LogP contribution in [0.1, 0.15) is 24.4 Å². The first kappa shape index (κ1) is 14.4. The molecule has 0 unspecified atom stereocenters. The number of benzene rings is 1. The van der Waals surface area contributed by atoms with Gasteiger partial charge in [0.05, 0.1) is 12.1 Å². The molecule has 6 heteroatoms. The fraction of sp³-hybridized carbons (Fsp3) is 0.200. The van der Waals surface area contributed by atoms with Gasteiger partial charge in [0.2, 0.25) is 0 Å². The van der Waals surface area contributed by atoms with Gasteiger partial charge in [-0.2, -0.15) is 0 Å². The maximum atomic E-state index is 11.9. The molecule has 1 atom stereocenters. The van der Waals surface area contributed by atoms with E-state index in [0.29, 0.717) is 17.1 Å². The lowest BCUT2D eigenvalue weighted by Gasteiger charge is -2.14. The molecule has 0 fully saturated rings. The zero-order chi connectivity index (χ0) is 14.8. The Labute approximate surface area is 134 Å². The van der Waals surface area contributed by atoms with E-state index in [9.17, 15) is 4.79 Å². The summed E-state index contributed by atoms with van der Waals surface area (Å²) in [5.74, 6) is 0.660. The van der Waals surface area contributed by atoms with Crippen molar-refractivity contribution in [2.24, 2.45) is 0 Å². The Morgan fingerprint density at radius 1 is 1.43 bits per heavy atom. The van der Waals surface area contributed by atoms with E-state index in [-0.39, 0.29) is 11.6 Å². The summed E-state index contributed by atoms with van der Waals surface area (Å²) in [6.07, 6.45) is 0. The van der Waals surface area contributed by atoms with Crippen molar-refractivity contribution in [3.63, 3.8) is 0 Å². The van der Waals surface area contributed by atoms with Gasteiger partial charge in [0.15, 0.2) is 0 Å². The molecule has 2 N–H and O–H groups in total. The zero-order valence-corrected chi connectivity index (χ0v) is 13.8. The van der Waals surface area contributed by atoms with Crippen LogP contribution in [-0.4, -0.2) is 9.97 Å². The Bertz CT molecular complexity index is 827. The molecule has 0 bridgehead atoms. The normalized spacial score (nSPS) is 12.7. The predicted octanol–water partition coefficient (Wildman–Crippen LogP) is 3.60. The second-order valence-corrected chi connectivity index (χ2v) is 6.64. The molecule has 0 amide bonds. The average molecular weight is 364 g/mol. The monoisotopic (exact) mass is 363 g/mol. The summed E-state index contributed by atoms with van der Waals surface area (Å²) < 4.78 is 1.73. The lowest BCUT2D eigenvalue weighted by atomic mass is 10.1. The Morgan fingerprint density at radius 2 is 2.29 bits per heavy atom. The van der Waals surface area contributed by atoms with Gasteiger partial charge in [0, 0.05) is 10.5 Å². The first-order valence-corrected chi connectivity index (χ1v) is 8.26. The van der Waals surface area contributed by atoms with Gasteiger partial charge in [-0.15, -0.1) is 11.3 Å². The molecule has 0 spiro atoms. The van der Waals surface area contributed by atoms with Crippen LogP contribution in [0.2, 0.25) is 0 Å². The Morgan fingerprint density at radius 3 is 3.10 bits per heavy atom. The molecule has 0 radical (unpaired) electrons. The van der Waals surface area contributed by atoms with Crippen molar-refractivity contribution in [1.29, 1.82) is 0 Å². The molecule has 1 aromatic carbocycles. The van der Waals surface area contributed by atoms with Crippen LogP contribution in [0, 0.1) is 0 Å². The van der Waals surface area contributed by atoms with E-state index in [0.717, 1.165) is 9.99 Å². The highest BCUT2D eigenvalue weighted by atomic mass is 79.9. The van der Waals surface area contributed by atoms with E-state index in [1.807, 2.05) is 23.6 Å². The number of H-pyrrole nitrogens is 1. The molecule has 4 nitrogen and oxygen atoms in total. The molecule has 0 aliphatic heterocycles. The number of fused-ring (bicyclic) bond motifs is 1. The van der Waals surface area contributed by atoms with Crippen LogP contribution < -0.4 is 10.9 Å². The van der Waals surface area contributed by atoms with Crippen molar-refractivity contribution in [2.75, 3.05) is 0 Å². The zero-order valence-electron chi connectivity index (χ0n) is 11.4. The van der Waals surface area contributed by atoms with Crippen molar-refractivity contribution in [3.8, 4) is 0 Å². The number of halogens is 1. The quantitative estimate of drug-likeness (QED) is 0.744. The Hall–Kier alpha value is -1.50. The molecule has 3 rings (SSSR count). The topological polar surface area (TPSA) is 57.8 Å². The van der Waals surface area contributed by atoms with E-state index in [1.165, 1.54) is 16.9 Å². The number of rotatable bonds is 4. The van der Waals surface area contributed by atoms with E-state index in [2.05, 4.69) is 50.3 Å². The molecule has 108 valence electrons. The summed E-state index contributed by atoms with van der Waals surface area (Å²) in [6, 6.07) is 10.2. The molecule has 0 saturated carbocycles. The molecular weight excluding hydrogens is 350 g/mol. The van der Waals surface area contributed by atoms with Crippen LogP contribution in [0.3, 0.4) is 0 Å². The highest BCUT2D eigenvalue weighted by Crippen LogP contribution is 2.18. The number of thiophene rings is 1. The third-order valence-electron chi connectivity index (χ3n) is 3.29. The second kappa shape index (κ2) is 6.09. The minimum atomic E-state index is -0.0677. The smallest absolute Gasteiger partial charge is 0.268 e. The van der Waals surface area contributed by atoms with Gasteiger partial charge in [-0.25, -0.2) is 4.98 Å². The van der Waals surface area contributed by atoms with Crippen molar-refractivity contribution in [1.82, 2.24) is 15.3 Å². The average Bonchev–Trinajstić information content (AvgIpc) is 2.93. The van der Waals surface area contributed by atoms with Crippen LogP contribution in [0.4, 0.5) is 0 Å². The van der Waals surface area contributed by atoms with Crippen LogP contribution in [0.15, 0.2) is 45.0 Å². The second-order valence-electron chi connectivity index (χ2n) is 4.81. The molecular formula is C15H14BrN3OS. The summed E-state index contributed by atoms with van der Waals surface area (Å²) in [6.45, 7) is 2.61.